The van der Waals surface area contributed by atoms with Gasteiger partial charge in [-0.05, 0) is 91.7 Å². The Hall–Kier alpha value is -3.63. The largest absolute Gasteiger partial charge is 0.492 e. The van der Waals surface area contributed by atoms with E-state index in [9.17, 15) is 9.59 Å². The van der Waals surface area contributed by atoms with E-state index in [2.05, 4.69) is 57.5 Å². The van der Waals surface area contributed by atoms with Crippen molar-refractivity contribution in [3.8, 4) is 5.75 Å². The third kappa shape index (κ3) is 8.20. The molecule has 1 aliphatic carbocycles. The van der Waals surface area contributed by atoms with Gasteiger partial charge in [-0.2, -0.15) is 5.10 Å². The van der Waals surface area contributed by atoms with Crippen LogP contribution in [0.15, 0.2) is 52.6 Å². The number of ether oxygens (including phenoxy) is 1. The Morgan fingerprint density at radius 3 is 2.41 bits per heavy atom. The number of hydrogen-bond acceptors (Lipinski definition) is 7. The predicted molar refractivity (Wildman–Crippen MR) is 185 cm³/mol. The molecule has 2 aromatic rings. The molecule has 0 bridgehead atoms. The van der Waals surface area contributed by atoms with Crippen LogP contribution in [0.5, 0.6) is 5.75 Å². The van der Waals surface area contributed by atoms with E-state index in [0.717, 1.165) is 37.7 Å². The standard InChI is InChI=1S/C35H50ClN7O3/c1-7-28(24-8-10-25(11-9-24)32(44)39-21-30(37)41-42-38)43-33(45)31(40-35(43)16-14-23(15-17-35)22(2)3)26-12-13-29(27(36)20-26)46-19-18-34(4,5)6/h8-13,20,22-23,28,42H,7,14-19,21,38H2,1-6H3,(H2,37,41)(H,39,44). The molecule has 2 aromatic carbocycles. The average Bonchev–Trinajstić information content (AvgIpc) is 3.28. The number of carbonyl (C=O) groups is 2. The fraction of sp³-hybridized carbons (Fsp3) is 0.543. The molecule has 1 saturated carbocycles. The Morgan fingerprint density at radius 2 is 1.85 bits per heavy atom. The van der Waals surface area contributed by atoms with Crippen molar-refractivity contribution < 1.29 is 14.3 Å². The van der Waals surface area contributed by atoms with Gasteiger partial charge < -0.3 is 20.7 Å². The van der Waals surface area contributed by atoms with E-state index in [1.807, 2.05) is 29.2 Å². The number of nitrogens with zero attached hydrogens (tertiary/aromatic N) is 3. The number of aliphatic imine (C=N–C) groups is 1. The molecule has 6 N–H and O–H groups in total. The summed E-state index contributed by atoms with van der Waals surface area (Å²) in [5, 5.41) is 6.84. The van der Waals surface area contributed by atoms with Gasteiger partial charge in [-0.25, -0.2) is 11.4 Å². The molecule has 0 radical (unpaired) electrons. The minimum atomic E-state index is -0.642. The van der Waals surface area contributed by atoms with Crippen LogP contribution in [0, 0.1) is 17.3 Å². The number of nitrogens with two attached hydrogens (primary N) is 2. The second-order valence-electron chi connectivity index (χ2n) is 14.0. The van der Waals surface area contributed by atoms with Crippen LogP contribution in [-0.2, 0) is 4.79 Å². The van der Waals surface area contributed by atoms with Crippen LogP contribution in [0.3, 0.4) is 0 Å². The number of hydrazine groups is 1. The summed E-state index contributed by atoms with van der Waals surface area (Å²) in [6.45, 7) is 13.8. The van der Waals surface area contributed by atoms with Gasteiger partial charge in [-0.3, -0.25) is 14.6 Å². The van der Waals surface area contributed by atoms with Gasteiger partial charge in [0, 0.05) is 11.1 Å². The molecule has 0 saturated heterocycles. The van der Waals surface area contributed by atoms with Gasteiger partial charge in [0.15, 0.2) is 0 Å². The lowest BCUT2D eigenvalue weighted by Crippen LogP contribution is -2.51. The van der Waals surface area contributed by atoms with Crippen LogP contribution in [0.4, 0.5) is 0 Å². The summed E-state index contributed by atoms with van der Waals surface area (Å²) in [7, 11) is 0. The minimum Gasteiger partial charge on any atom is -0.492 e. The summed E-state index contributed by atoms with van der Waals surface area (Å²) in [5.41, 5.74) is 9.87. The van der Waals surface area contributed by atoms with Gasteiger partial charge in [-0.1, -0.05) is 65.3 Å². The molecule has 1 spiro atoms. The first-order valence-electron chi connectivity index (χ1n) is 16.3. The topological polar surface area (TPSA) is 147 Å². The molecular weight excluding hydrogens is 602 g/mol. The first-order chi connectivity index (χ1) is 21.8. The predicted octanol–water partition coefficient (Wildman–Crippen LogP) is 5.95. The van der Waals surface area contributed by atoms with Gasteiger partial charge in [-0.15, -0.1) is 0 Å². The number of carbonyl (C=O) groups excluding carboxylic acids is 2. The molecular formula is C35H50ClN7O3. The molecule has 11 heteroatoms. The Labute approximate surface area is 278 Å². The van der Waals surface area contributed by atoms with Crippen LogP contribution in [-0.4, -0.2) is 47.1 Å². The van der Waals surface area contributed by atoms with Gasteiger partial charge >= 0.3 is 0 Å². The highest BCUT2D eigenvalue weighted by Gasteiger charge is 2.51. The Kier molecular flexibility index (Phi) is 11.4. The van der Waals surface area contributed by atoms with Crippen molar-refractivity contribution in [2.45, 2.75) is 91.8 Å². The molecule has 2 amide bonds. The number of halogens is 1. The van der Waals surface area contributed by atoms with Gasteiger partial charge in [0.2, 0.25) is 0 Å². The summed E-state index contributed by atoms with van der Waals surface area (Å²) < 4.78 is 5.98. The summed E-state index contributed by atoms with van der Waals surface area (Å²) in [5.74, 6) is 6.68. The monoisotopic (exact) mass is 651 g/mol. The SMILES string of the molecule is CCC(c1ccc(C(=O)NC/C(N)=N/NN)cc1)N1C(=O)C(c2ccc(OCCC(C)(C)C)c(Cl)c2)=NC12CCC(C(C)C)CC2. The van der Waals surface area contributed by atoms with Crippen LogP contribution in [0.2, 0.25) is 5.02 Å². The number of nitrogens with one attached hydrogen (secondary N) is 2. The lowest BCUT2D eigenvalue weighted by Gasteiger charge is -2.46. The molecule has 2 aliphatic rings. The van der Waals surface area contributed by atoms with Crippen molar-refractivity contribution in [2.24, 2.45) is 38.9 Å². The second-order valence-corrected chi connectivity index (χ2v) is 14.4. The number of rotatable bonds is 12. The zero-order chi connectivity index (χ0) is 33.6. The Balaban J connectivity index is 1.61. The highest BCUT2D eigenvalue weighted by Crippen LogP contribution is 2.48. The van der Waals surface area contributed by atoms with Crippen LogP contribution >= 0.6 is 11.6 Å². The summed E-state index contributed by atoms with van der Waals surface area (Å²) in [6, 6.07) is 12.7. The quantitative estimate of drug-likeness (QED) is 0.0966. The maximum atomic E-state index is 14.4. The number of amidine groups is 1. The number of benzene rings is 2. The smallest absolute Gasteiger partial charge is 0.275 e. The van der Waals surface area contributed by atoms with Crippen molar-refractivity contribution in [1.29, 1.82) is 0 Å². The highest BCUT2D eigenvalue weighted by atomic mass is 35.5. The average molecular weight is 652 g/mol. The van der Waals surface area contributed by atoms with E-state index < -0.39 is 5.66 Å². The third-order valence-electron chi connectivity index (χ3n) is 9.17. The van der Waals surface area contributed by atoms with E-state index >= 15 is 0 Å². The Morgan fingerprint density at radius 1 is 1.17 bits per heavy atom. The first kappa shape index (κ1) is 35.2. The molecule has 1 atom stereocenters. The number of hydrazone groups is 1. The maximum Gasteiger partial charge on any atom is 0.275 e. The van der Waals surface area contributed by atoms with Crippen molar-refractivity contribution in [2.75, 3.05) is 13.2 Å². The molecule has 250 valence electrons. The summed E-state index contributed by atoms with van der Waals surface area (Å²) in [4.78, 5) is 34.4. The molecule has 46 heavy (non-hydrogen) atoms. The molecule has 1 unspecified atom stereocenters. The van der Waals surface area contributed by atoms with Crippen LogP contribution in [0.1, 0.15) is 108 Å². The lowest BCUT2D eigenvalue weighted by molar-refractivity contribution is -0.133. The van der Waals surface area contributed by atoms with Crippen molar-refractivity contribution in [1.82, 2.24) is 15.8 Å². The summed E-state index contributed by atoms with van der Waals surface area (Å²) >= 11 is 6.69. The molecule has 0 aromatic heterocycles. The molecule has 4 rings (SSSR count). The maximum absolute atomic E-state index is 14.4. The lowest BCUT2D eigenvalue weighted by atomic mass is 9.76. The normalized spacial score (nSPS) is 21.0. The van der Waals surface area contributed by atoms with Crippen molar-refractivity contribution >= 4 is 35.0 Å². The molecule has 1 heterocycles. The Bertz CT molecular complexity index is 1440. The van der Waals surface area contributed by atoms with E-state index in [0.29, 0.717) is 52.5 Å². The van der Waals surface area contributed by atoms with E-state index in [-0.39, 0.29) is 35.7 Å². The second kappa shape index (κ2) is 14.9. The highest BCUT2D eigenvalue weighted by molar-refractivity contribution is 6.47. The number of hydrogen-bond donors (Lipinski definition) is 4. The summed E-state index contributed by atoms with van der Waals surface area (Å²) in [6.07, 6.45) is 5.18. The van der Waals surface area contributed by atoms with Crippen molar-refractivity contribution in [3.63, 3.8) is 0 Å². The van der Waals surface area contributed by atoms with E-state index in [4.69, 9.17) is 32.9 Å². The fourth-order valence-electron chi connectivity index (χ4n) is 6.41. The zero-order valence-electron chi connectivity index (χ0n) is 28.0. The van der Waals surface area contributed by atoms with Gasteiger partial charge in [0.05, 0.1) is 24.2 Å². The van der Waals surface area contributed by atoms with Gasteiger partial charge in [0.1, 0.15) is 23.0 Å². The van der Waals surface area contributed by atoms with Crippen LogP contribution in [0.25, 0.3) is 0 Å². The number of amides is 2. The first-order valence-corrected chi connectivity index (χ1v) is 16.7. The van der Waals surface area contributed by atoms with Crippen LogP contribution < -0.4 is 27.2 Å². The van der Waals surface area contributed by atoms with E-state index in [1.165, 1.54) is 0 Å². The zero-order valence-corrected chi connectivity index (χ0v) is 28.8. The molecule has 1 aliphatic heterocycles. The van der Waals surface area contributed by atoms with Gasteiger partial charge in [0.25, 0.3) is 11.8 Å². The molecule has 10 nitrogen and oxygen atoms in total. The van der Waals surface area contributed by atoms with E-state index in [1.54, 1.807) is 18.2 Å². The molecule has 1 fully saturated rings. The fourth-order valence-corrected chi connectivity index (χ4v) is 6.64. The minimum absolute atomic E-state index is 0.0543. The third-order valence-corrected chi connectivity index (χ3v) is 9.47. The van der Waals surface area contributed by atoms with Crippen molar-refractivity contribution in [3.05, 3.63) is 64.2 Å².